The van der Waals surface area contributed by atoms with E-state index in [0.717, 1.165) is 5.56 Å². The minimum absolute atomic E-state index is 0.220. The van der Waals surface area contributed by atoms with E-state index in [0.29, 0.717) is 23.5 Å². The average molecular weight is 321 g/mol. The number of anilines is 1. The Hall–Kier alpha value is -3.08. The van der Waals surface area contributed by atoms with Crippen molar-refractivity contribution in [1.82, 2.24) is 9.78 Å². The Balaban J connectivity index is 1.69. The van der Waals surface area contributed by atoms with Crippen LogP contribution in [0.2, 0.25) is 0 Å². The van der Waals surface area contributed by atoms with Gasteiger partial charge in [-0.1, -0.05) is 42.0 Å². The van der Waals surface area contributed by atoms with Crippen LogP contribution in [0.1, 0.15) is 21.5 Å². The molecule has 0 spiro atoms. The summed E-state index contributed by atoms with van der Waals surface area (Å²) in [5.74, 6) is 0.324. The molecule has 3 aromatic rings. The predicted molar refractivity (Wildman–Crippen MR) is 93.5 cm³/mol. The van der Waals surface area contributed by atoms with Crippen molar-refractivity contribution in [1.29, 1.82) is 0 Å². The third-order valence-electron chi connectivity index (χ3n) is 3.71. The number of carbonyl (C=O) groups is 1. The number of methoxy groups -OCH3 is 1. The van der Waals surface area contributed by atoms with Crippen LogP contribution in [0.25, 0.3) is 0 Å². The zero-order chi connectivity index (χ0) is 16.9. The fraction of sp³-hybridized carbons (Fsp3) is 0.158. The Morgan fingerprint density at radius 3 is 2.67 bits per heavy atom. The first-order valence-electron chi connectivity index (χ1n) is 7.68. The summed E-state index contributed by atoms with van der Waals surface area (Å²) in [5, 5.41) is 7.14. The van der Waals surface area contributed by atoms with E-state index >= 15 is 0 Å². The second kappa shape index (κ2) is 7.00. The number of nitrogens with one attached hydrogen (secondary N) is 1. The van der Waals surface area contributed by atoms with Crippen molar-refractivity contribution < 1.29 is 9.53 Å². The molecular weight excluding hydrogens is 302 g/mol. The highest BCUT2D eigenvalue weighted by atomic mass is 16.5. The minimum Gasteiger partial charge on any atom is -0.496 e. The number of rotatable bonds is 5. The average Bonchev–Trinajstić information content (AvgIpc) is 3.03. The molecule has 5 heteroatoms. The van der Waals surface area contributed by atoms with Gasteiger partial charge in [-0.05, 0) is 24.6 Å². The van der Waals surface area contributed by atoms with Crippen LogP contribution in [0.3, 0.4) is 0 Å². The first-order valence-corrected chi connectivity index (χ1v) is 7.68. The summed E-state index contributed by atoms with van der Waals surface area (Å²) in [6.45, 7) is 2.72. The fourth-order valence-electron chi connectivity index (χ4n) is 2.43. The van der Waals surface area contributed by atoms with E-state index in [9.17, 15) is 4.79 Å². The van der Waals surface area contributed by atoms with E-state index in [2.05, 4.69) is 41.6 Å². The SMILES string of the molecule is COc1ccccc1C(=O)Nc1cnn(Cc2ccc(C)cc2)c1. The van der Waals surface area contributed by atoms with Crippen molar-refractivity contribution in [3.8, 4) is 5.75 Å². The van der Waals surface area contributed by atoms with Gasteiger partial charge in [0.15, 0.2) is 0 Å². The maximum atomic E-state index is 12.4. The molecule has 24 heavy (non-hydrogen) atoms. The van der Waals surface area contributed by atoms with E-state index in [1.54, 1.807) is 36.2 Å². The van der Waals surface area contributed by atoms with E-state index < -0.39 is 0 Å². The molecule has 0 saturated carbocycles. The summed E-state index contributed by atoms with van der Waals surface area (Å²) >= 11 is 0. The highest BCUT2D eigenvalue weighted by Gasteiger charge is 2.12. The molecule has 0 aliphatic carbocycles. The number of hydrogen-bond donors (Lipinski definition) is 1. The zero-order valence-electron chi connectivity index (χ0n) is 13.7. The quantitative estimate of drug-likeness (QED) is 0.782. The molecule has 0 unspecified atom stereocenters. The van der Waals surface area contributed by atoms with Gasteiger partial charge in [0.25, 0.3) is 5.91 Å². The first kappa shape index (κ1) is 15.8. The molecular formula is C19H19N3O2. The molecule has 0 fully saturated rings. The van der Waals surface area contributed by atoms with E-state index in [-0.39, 0.29) is 5.91 Å². The maximum Gasteiger partial charge on any atom is 0.259 e. The van der Waals surface area contributed by atoms with Crippen molar-refractivity contribution in [2.45, 2.75) is 13.5 Å². The number of benzene rings is 2. The number of nitrogens with zero attached hydrogens (tertiary/aromatic N) is 2. The van der Waals surface area contributed by atoms with E-state index in [4.69, 9.17) is 4.74 Å². The number of amides is 1. The van der Waals surface area contributed by atoms with Crippen LogP contribution in [-0.2, 0) is 6.54 Å². The Bertz CT molecular complexity index is 838. The Labute approximate surface area is 140 Å². The molecule has 122 valence electrons. The topological polar surface area (TPSA) is 56.1 Å². The number of ether oxygens (including phenoxy) is 1. The fourth-order valence-corrected chi connectivity index (χ4v) is 2.43. The molecule has 2 aromatic carbocycles. The van der Waals surface area contributed by atoms with Gasteiger partial charge in [0, 0.05) is 6.20 Å². The number of para-hydroxylation sites is 1. The van der Waals surface area contributed by atoms with Crippen molar-refractivity contribution in [3.05, 3.63) is 77.6 Å². The largest absolute Gasteiger partial charge is 0.496 e. The van der Waals surface area contributed by atoms with Crippen molar-refractivity contribution >= 4 is 11.6 Å². The number of aryl methyl sites for hydroxylation is 1. The number of hydrogen-bond acceptors (Lipinski definition) is 3. The van der Waals surface area contributed by atoms with Gasteiger partial charge >= 0.3 is 0 Å². The summed E-state index contributed by atoms with van der Waals surface area (Å²) in [7, 11) is 1.55. The van der Waals surface area contributed by atoms with Gasteiger partial charge in [0.1, 0.15) is 5.75 Å². The first-order chi connectivity index (χ1) is 11.7. The van der Waals surface area contributed by atoms with Crippen molar-refractivity contribution in [3.63, 3.8) is 0 Å². The molecule has 0 saturated heterocycles. The second-order valence-electron chi connectivity index (χ2n) is 5.57. The van der Waals surface area contributed by atoms with Gasteiger partial charge in [-0.3, -0.25) is 9.48 Å². The molecule has 1 amide bonds. The molecule has 0 radical (unpaired) electrons. The Kier molecular flexibility index (Phi) is 4.61. The summed E-state index contributed by atoms with van der Waals surface area (Å²) in [6.07, 6.45) is 3.45. The third-order valence-corrected chi connectivity index (χ3v) is 3.71. The summed E-state index contributed by atoms with van der Waals surface area (Å²) in [6, 6.07) is 15.4. The van der Waals surface area contributed by atoms with Crippen LogP contribution < -0.4 is 10.1 Å². The monoisotopic (exact) mass is 321 g/mol. The van der Waals surface area contributed by atoms with Crippen LogP contribution in [0.15, 0.2) is 60.9 Å². The highest BCUT2D eigenvalue weighted by molar-refractivity contribution is 6.06. The van der Waals surface area contributed by atoms with Crippen LogP contribution in [0.5, 0.6) is 5.75 Å². The lowest BCUT2D eigenvalue weighted by atomic mass is 10.1. The summed E-state index contributed by atoms with van der Waals surface area (Å²) < 4.78 is 7.01. The van der Waals surface area contributed by atoms with Crippen LogP contribution >= 0.6 is 0 Å². The lowest BCUT2D eigenvalue weighted by Crippen LogP contribution is -2.12. The third kappa shape index (κ3) is 3.63. The van der Waals surface area contributed by atoms with Crippen LogP contribution in [0, 0.1) is 6.92 Å². The van der Waals surface area contributed by atoms with Gasteiger partial charge < -0.3 is 10.1 Å². The molecule has 3 rings (SSSR count). The van der Waals surface area contributed by atoms with Gasteiger partial charge in [0.2, 0.25) is 0 Å². The van der Waals surface area contributed by atoms with Gasteiger partial charge in [0.05, 0.1) is 31.1 Å². The molecule has 1 aromatic heterocycles. The molecule has 1 N–H and O–H groups in total. The lowest BCUT2D eigenvalue weighted by molar-refractivity contribution is 0.102. The molecule has 0 aliphatic rings. The van der Waals surface area contributed by atoms with E-state index in [1.165, 1.54) is 5.56 Å². The van der Waals surface area contributed by atoms with E-state index in [1.807, 2.05) is 12.3 Å². The smallest absolute Gasteiger partial charge is 0.259 e. The summed E-state index contributed by atoms with van der Waals surface area (Å²) in [5.41, 5.74) is 3.53. The highest BCUT2D eigenvalue weighted by Crippen LogP contribution is 2.19. The molecule has 1 heterocycles. The molecule has 0 bridgehead atoms. The van der Waals surface area contributed by atoms with Crippen molar-refractivity contribution in [2.75, 3.05) is 12.4 Å². The predicted octanol–water partition coefficient (Wildman–Crippen LogP) is 3.50. The van der Waals surface area contributed by atoms with Crippen molar-refractivity contribution in [2.24, 2.45) is 0 Å². The normalized spacial score (nSPS) is 10.4. The zero-order valence-corrected chi connectivity index (χ0v) is 13.7. The number of aromatic nitrogens is 2. The standard InChI is InChI=1S/C19H19N3O2/c1-14-7-9-15(10-8-14)12-22-13-16(11-20-22)21-19(23)17-5-3-4-6-18(17)24-2/h3-11,13H,12H2,1-2H3,(H,21,23). The molecule has 5 nitrogen and oxygen atoms in total. The van der Waals surface area contributed by atoms with Gasteiger partial charge in [-0.15, -0.1) is 0 Å². The Morgan fingerprint density at radius 1 is 1.17 bits per heavy atom. The van der Waals surface area contributed by atoms with Crippen LogP contribution in [-0.4, -0.2) is 22.8 Å². The number of carbonyl (C=O) groups excluding carboxylic acids is 1. The maximum absolute atomic E-state index is 12.4. The lowest BCUT2D eigenvalue weighted by Gasteiger charge is -2.07. The second-order valence-corrected chi connectivity index (χ2v) is 5.57. The van der Waals surface area contributed by atoms with Crippen LogP contribution in [0.4, 0.5) is 5.69 Å². The molecule has 0 aliphatic heterocycles. The van der Waals surface area contributed by atoms with Gasteiger partial charge in [-0.2, -0.15) is 5.10 Å². The van der Waals surface area contributed by atoms with Gasteiger partial charge in [-0.25, -0.2) is 0 Å². The summed E-state index contributed by atoms with van der Waals surface area (Å²) in [4.78, 5) is 12.4. The molecule has 0 atom stereocenters. The Morgan fingerprint density at radius 2 is 1.92 bits per heavy atom. The minimum atomic E-state index is -0.220.